The van der Waals surface area contributed by atoms with E-state index in [-0.39, 0.29) is 5.91 Å². The molecule has 128 valence electrons. The van der Waals surface area contributed by atoms with Gasteiger partial charge in [0.15, 0.2) is 0 Å². The summed E-state index contributed by atoms with van der Waals surface area (Å²) in [6.45, 7) is 1.10. The summed E-state index contributed by atoms with van der Waals surface area (Å²) in [5.74, 6) is 0.909. The van der Waals surface area contributed by atoms with Crippen molar-refractivity contribution in [3.05, 3.63) is 88.1 Å². The molecule has 0 aliphatic heterocycles. The Kier molecular flexibility index (Phi) is 6.23. The molecule has 3 nitrogen and oxygen atoms in total. The summed E-state index contributed by atoms with van der Waals surface area (Å²) in [7, 11) is 0. The van der Waals surface area contributed by atoms with E-state index in [2.05, 4.69) is 16.8 Å². The SMILES string of the molecule is O=C(CCc1ccsc1)NCc1ccc(OCc2ccccc2)cc1. The lowest BCUT2D eigenvalue weighted by atomic mass is 10.2. The van der Waals surface area contributed by atoms with Gasteiger partial charge in [0.25, 0.3) is 0 Å². The topological polar surface area (TPSA) is 38.3 Å². The molecular weight excluding hydrogens is 330 g/mol. The van der Waals surface area contributed by atoms with Crippen LogP contribution in [-0.2, 0) is 24.4 Å². The summed E-state index contributed by atoms with van der Waals surface area (Å²) in [5, 5.41) is 7.08. The third-order valence-electron chi connectivity index (χ3n) is 3.88. The molecule has 0 radical (unpaired) electrons. The van der Waals surface area contributed by atoms with Gasteiger partial charge in [-0.25, -0.2) is 0 Å². The van der Waals surface area contributed by atoms with Crippen molar-refractivity contribution >= 4 is 17.2 Å². The van der Waals surface area contributed by atoms with Gasteiger partial charge in [-0.15, -0.1) is 0 Å². The van der Waals surface area contributed by atoms with Gasteiger partial charge in [0, 0.05) is 13.0 Å². The summed E-state index contributed by atoms with van der Waals surface area (Å²) < 4.78 is 5.77. The Balaban J connectivity index is 1.40. The second-order valence-corrected chi connectivity index (χ2v) is 6.61. The van der Waals surface area contributed by atoms with Crippen LogP contribution in [0.15, 0.2) is 71.4 Å². The minimum Gasteiger partial charge on any atom is -0.489 e. The van der Waals surface area contributed by atoms with E-state index in [0.717, 1.165) is 23.3 Å². The number of amides is 1. The number of carbonyl (C=O) groups excluding carboxylic acids is 1. The van der Waals surface area contributed by atoms with Crippen LogP contribution in [0.4, 0.5) is 0 Å². The van der Waals surface area contributed by atoms with Crippen LogP contribution in [0.3, 0.4) is 0 Å². The zero-order valence-electron chi connectivity index (χ0n) is 14.0. The Bertz CT molecular complexity index is 767. The fourth-order valence-corrected chi connectivity index (χ4v) is 3.13. The molecule has 0 atom stereocenters. The molecule has 0 aliphatic carbocycles. The summed E-state index contributed by atoms with van der Waals surface area (Å²) in [6, 6.07) is 20.0. The number of thiophene rings is 1. The molecule has 1 amide bonds. The van der Waals surface area contributed by atoms with Crippen molar-refractivity contribution in [3.8, 4) is 5.75 Å². The van der Waals surface area contributed by atoms with Crippen LogP contribution in [0.25, 0.3) is 0 Å². The molecule has 0 saturated carbocycles. The lowest BCUT2D eigenvalue weighted by molar-refractivity contribution is -0.121. The highest BCUT2D eigenvalue weighted by Gasteiger charge is 2.03. The van der Waals surface area contributed by atoms with Crippen LogP contribution in [-0.4, -0.2) is 5.91 Å². The summed E-state index contributed by atoms with van der Waals surface area (Å²) in [4.78, 5) is 11.9. The number of carbonyl (C=O) groups is 1. The van der Waals surface area contributed by atoms with Gasteiger partial charge in [0.05, 0.1) is 0 Å². The number of hydrogen-bond acceptors (Lipinski definition) is 3. The number of rotatable bonds is 8. The molecule has 3 rings (SSSR count). The van der Waals surface area contributed by atoms with Gasteiger partial charge in [-0.2, -0.15) is 11.3 Å². The molecule has 0 aliphatic rings. The van der Waals surface area contributed by atoms with Gasteiger partial charge < -0.3 is 10.1 Å². The Morgan fingerprint density at radius 1 is 0.920 bits per heavy atom. The van der Waals surface area contributed by atoms with Crippen molar-refractivity contribution in [3.63, 3.8) is 0 Å². The summed E-state index contributed by atoms with van der Waals surface area (Å²) in [5.41, 5.74) is 3.43. The molecule has 0 fully saturated rings. The normalized spacial score (nSPS) is 10.4. The van der Waals surface area contributed by atoms with E-state index in [1.54, 1.807) is 11.3 Å². The number of aryl methyl sites for hydroxylation is 1. The molecular formula is C21H21NO2S. The summed E-state index contributed by atoms with van der Waals surface area (Å²) >= 11 is 1.66. The van der Waals surface area contributed by atoms with E-state index in [4.69, 9.17) is 4.74 Å². The smallest absolute Gasteiger partial charge is 0.220 e. The van der Waals surface area contributed by atoms with E-state index in [1.807, 2.05) is 60.0 Å². The minimum absolute atomic E-state index is 0.0793. The third kappa shape index (κ3) is 5.76. The average molecular weight is 351 g/mol. The first kappa shape index (κ1) is 17.2. The van der Waals surface area contributed by atoms with Crippen LogP contribution in [0.5, 0.6) is 5.75 Å². The zero-order chi connectivity index (χ0) is 17.3. The van der Waals surface area contributed by atoms with Crippen LogP contribution in [0.2, 0.25) is 0 Å². The van der Waals surface area contributed by atoms with Crippen LogP contribution < -0.4 is 10.1 Å². The number of benzene rings is 2. The maximum Gasteiger partial charge on any atom is 0.220 e. The molecule has 0 bridgehead atoms. The first-order valence-electron chi connectivity index (χ1n) is 8.33. The second kappa shape index (κ2) is 9.04. The summed E-state index contributed by atoms with van der Waals surface area (Å²) in [6.07, 6.45) is 1.32. The zero-order valence-corrected chi connectivity index (χ0v) is 14.8. The molecule has 0 spiro atoms. The Morgan fingerprint density at radius 2 is 1.72 bits per heavy atom. The Hall–Kier alpha value is -2.59. The van der Waals surface area contributed by atoms with E-state index >= 15 is 0 Å². The van der Waals surface area contributed by atoms with Crippen molar-refractivity contribution < 1.29 is 9.53 Å². The predicted molar refractivity (Wildman–Crippen MR) is 102 cm³/mol. The first-order valence-corrected chi connectivity index (χ1v) is 9.27. The van der Waals surface area contributed by atoms with Crippen LogP contribution in [0, 0.1) is 0 Å². The quantitative estimate of drug-likeness (QED) is 0.645. The van der Waals surface area contributed by atoms with Gasteiger partial charge in [-0.3, -0.25) is 4.79 Å². The van der Waals surface area contributed by atoms with Crippen LogP contribution >= 0.6 is 11.3 Å². The third-order valence-corrected chi connectivity index (χ3v) is 4.61. The fraction of sp³-hybridized carbons (Fsp3) is 0.190. The number of nitrogens with one attached hydrogen (secondary N) is 1. The predicted octanol–water partition coefficient (Wildman–Crippen LogP) is 4.58. The number of ether oxygens (including phenoxy) is 1. The maximum atomic E-state index is 11.9. The van der Waals surface area contributed by atoms with E-state index in [9.17, 15) is 4.79 Å². The molecule has 1 heterocycles. The first-order chi connectivity index (χ1) is 12.3. The van der Waals surface area contributed by atoms with Gasteiger partial charge >= 0.3 is 0 Å². The standard InChI is InChI=1S/C21H21NO2S/c23-21(11-8-19-12-13-25-16-19)22-14-17-6-9-20(10-7-17)24-15-18-4-2-1-3-5-18/h1-7,9-10,12-13,16H,8,11,14-15H2,(H,22,23). The lowest BCUT2D eigenvalue weighted by Crippen LogP contribution is -2.22. The minimum atomic E-state index is 0.0793. The number of hydrogen-bond donors (Lipinski definition) is 1. The Morgan fingerprint density at radius 3 is 2.44 bits per heavy atom. The largest absolute Gasteiger partial charge is 0.489 e. The molecule has 3 aromatic rings. The van der Waals surface area contributed by atoms with Crippen molar-refractivity contribution in [2.75, 3.05) is 0 Å². The van der Waals surface area contributed by atoms with Gasteiger partial charge in [0.1, 0.15) is 12.4 Å². The Labute approximate surface area is 152 Å². The molecule has 1 N–H and O–H groups in total. The van der Waals surface area contributed by atoms with Gasteiger partial charge in [-0.1, -0.05) is 42.5 Å². The highest BCUT2D eigenvalue weighted by Crippen LogP contribution is 2.14. The van der Waals surface area contributed by atoms with Crippen molar-refractivity contribution in [2.45, 2.75) is 26.0 Å². The second-order valence-electron chi connectivity index (χ2n) is 5.83. The van der Waals surface area contributed by atoms with E-state index in [0.29, 0.717) is 19.6 Å². The highest BCUT2D eigenvalue weighted by molar-refractivity contribution is 7.07. The molecule has 2 aromatic carbocycles. The molecule has 0 unspecified atom stereocenters. The van der Waals surface area contributed by atoms with E-state index in [1.165, 1.54) is 5.56 Å². The van der Waals surface area contributed by atoms with Gasteiger partial charge in [-0.05, 0) is 52.1 Å². The van der Waals surface area contributed by atoms with Crippen LogP contribution in [0.1, 0.15) is 23.1 Å². The fourth-order valence-electron chi connectivity index (χ4n) is 2.43. The average Bonchev–Trinajstić information content (AvgIpc) is 3.18. The molecule has 25 heavy (non-hydrogen) atoms. The van der Waals surface area contributed by atoms with Crippen molar-refractivity contribution in [1.29, 1.82) is 0 Å². The molecule has 4 heteroatoms. The maximum absolute atomic E-state index is 11.9. The highest BCUT2D eigenvalue weighted by atomic mass is 32.1. The monoisotopic (exact) mass is 351 g/mol. The van der Waals surface area contributed by atoms with E-state index < -0.39 is 0 Å². The van der Waals surface area contributed by atoms with Gasteiger partial charge in [0.2, 0.25) is 5.91 Å². The molecule has 0 saturated heterocycles. The van der Waals surface area contributed by atoms with Crippen molar-refractivity contribution in [2.24, 2.45) is 0 Å². The lowest BCUT2D eigenvalue weighted by Gasteiger charge is -2.08. The van der Waals surface area contributed by atoms with Crippen molar-refractivity contribution in [1.82, 2.24) is 5.32 Å². The molecule has 1 aromatic heterocycles.